The standard InChI is InChI=1S/C30H24Br3N3O2/c1-2-3-8-29-35-27-13-12-21(31)15-24(27)30(37)36(29)34-17-25-23-7-5-4-6-19(23)10-14-28(25)38-18-20-9-11-22(32)16-26(20)33/h4-7,9-17H,2-3,8,18H2,1H3. The van der Waals surface area contributed by atoms with Crippen LogP contribution in [0.25, 0.3) is 21.7 Å². The van der Waals surface area contributed by atoms with E-state index in [1.165, 1.54) is 4.68 Å². The van der Waals surface area contributed by atoms with Crippen LogP contribution in [0.2, 0.25) is 0 Å². The quantitative estimate of drug-likeness (QED) is 0.153. The van der Waals surface area contributed by atoms with Gasteiger partial charge in [-0.05, 0) is 53.6 Å². The van der Waals surface area contributed by atoms with Crippen molar-refractivity contribution >= 4 is 75.7 Å². The first-order valence-corrected chi connectivity index (χ1v) is 14.7. The average molecular weight is 698 g/mol. The van der Waals surface area contributed by atoms with E-state index in [1.807, 2.05) is 60.7 Å². The van der Waals surface area contributed by atoms with Crippen molar-refractivity contribution in [3.8, 4) is 5.75 Å². The Balaban J connectivity index is 1.60. The molecule has 0 radical (unpaired) electrons. The summed E-state index contributed by atoms with van der Waals surface area (Å²) in [7, 11) is 0. The lowest BCUT2D eigenvalue weighted by Gasteiger charge is -2.13. The van der Waals surface area contributed by atoms with Crippen molar-refractivity contribution in [2.45, 2.75) is 32.8 Å². The maximum Gasteiger partial charge on any atom is 0.282 e. The molecular weight excluding hydrogens is 674 g/mol. The van der Waals surface area contributed by atoms with Crippen LogP contribution in [0.15, 0.2) is 96.1 Å². The second kappa shape index (κ2) is 11.9. The molecule has 0 amide bonds. The average Bonchev–Trinajstić information content (AvgIpc) is 2.91. The van der Waals surface area contributed by atoms with Crippen molar-refractivity contribution < 1.29 is 4.74 Å². The monoisotopic (exact) mass is 695 g/mol. The Hall–Kier alpha value is -2.81. The normalized spacial score (nSPS) is 11.6. The first-order chi connectivity index (χ1) is 18.4. The first-order valence-electron chi connectivity index (χ1n) is 12.3. The number of aryl methyl sites for hydroxylation is 1. The molecule has 0 aliphatic carbocycles. The molecule has 0 N–H and O–H groups in total. The van der Waals surface area contributed by atoms with E-state index in [1.54, 1.807) is 12.3 Å². The zero-order valence-corrected chi connectivity index (χ0v) is 25.4. The van der Waals surface area contributed by atoms with Crippen LogP contribution in [0.5, 0.6) is 5.75 Å². The Morgan fingerprint density at radius 2 is 1.74 bits per heavy atom. The van der Waals surface area contributed by atoms with Gasteiger partial charge in [0.25, 0.3) is 5.56 Å². The SMILES string of the molecule is CCCCc1nc2ccc(Br)cc2c(=O)n1N=Cc1c(OCc2ccc(Br)cc2Br)ccc2ccccc12. The van der Waals surface area contributed by atoms with Gasteiger partial charge in [-0.3, -0.25) is 4.79 Å². The Bertz CT molecular complexity index is 1730. The summed E-state index contributed by atoms with van der Waals surface area (Å²) in [5, 5.41) is 7.28. The summed E-state index contributed by atoms with van der Waals surface area (Å²) < 4.78 is 10.5. The molecule has 0 atom stereocenters. The molecule has 0 bridgehead atoms. The molecule has 0 unspecified atom stereocenters. The number of halogens is 3. The van der Waals surface area contributed by atoms with Gasteiger partial charge >= 0.3 is 0 Å². The van der Waals surface area contributed by atoms with E-state index >= 15 is 0 Å². The lowest BCUT2D eigenvalue weighted by molar-refractivity contribution is 0.305. The van der Waals surface area contributed by atoms with Gasteiger partial charge in [0.15, 0.2) is 0 Å². The number of nitrogens with zero attached hydrogens (tertiary/aromatic N) is 3. The number of hydrogen-bond donors (Lipinski definition) is 0. The van der Waals surface area contributed by atoms with E-state index in [-0.39, 0.29) is 5.56 Å². The summed E-state index contributed by atoms with van der Waals surface area (Å²) in [6.07, 6.45) is 4.28. The molecule has 5 nitrogen and oxygen atoms in total. The van der Waals surface area contributed by atoms with Crippen molar-refractivity contribution in [3.63, 3.8) is 0 Å². The summed E-state index contributed by atoms with van der Waals surface area (Å²) in [4.78, 5) is 18.4. The highest BCUT2D eigenvalue weighted by molar-refractivity contribution is 9.11. The van der Waals surface area contributed by atoms with Gasteiger partial charge in [0, 0.05) is 31.0 Å². The van der Waals surface area contributed by atoms with Crippen LogP contribution < -0.4 is 10.3 Å². The van der Waals surface area contributed by atoms with Gasteiger partial charge in [-0.15, -0.1) is 0 Å². The molecule has 0 aliphatic heterocycles. The third-order valence-corrected chi connectivity index (χ3v) is 7.99. The van der Waals surface area contributed by atoms with E-state index in [4.69, 9.17) is 14.8 Å². The van der Waals surface area contributed by atoms with Crippen LogP contribution in [0.1, 0.15) is 36.7 Å². The van der Waals surface area contributed by atoms with Crippen molar-refractivity contribution in [2.75, 3.05) is 0 Å². The van der Waals surface area contributed by atoms with Crippen molar-refractivity contribution in [2.24, 2.45) is 5.10 Å². The van der Waals surface area contributed by atoms with E-state index in [0.29, 0.717) is 35.5 Å². The minimum Gasteiger partial charge on any atom is -0.488 e. The van der Waals surface area contributed by atoms with Crippen LogP contribution in [0, 0.1) is 0 Å². The highest BCUT2D eigenvalue weighted by Gasteiger charge is 2.13. The molecular formula is C30H24Br3N3O2. The van der Waals surface area contributed by atoms with Crippen LogP contribution >= 0.6 is 47.8 Å². The number of aromatic nitrogens is 2. The molecule has 0 saturated carbocycles. The van der Waals surface area contributed by atoms with Crippen molar-refractivity contribution in [1.82, 2.24) is 9.66 Å². The first kappa shape index (κ1) is 26.8. The minimum atomic E-state index is -0.194. The molecule has 5 aromatic rings. The summed E-state index contributed by atoms with van der Waals surface area (Å²) in [5.41, 5.74) is 2.30. The second-order valence-electron chi connectivity index (χ2n) is 8.88. The molecule has 0 spiro atoms. The Morgan fingerprint density at radius 1 is 0.947 bits per heavy atom. The number of unbranched alkanes of at least 4 members (excludes halogenated alkanes) is 1. The lowest BCUT2D eigenvalue weighted by atomic mass is 10.0. The van der Waals surface area contributed by atoms with Gasteiger partial charge in [-0.1, -0.05) is 97.5 Å². The summed E-state index contributed by atoms with van der Waals surface area (Å²) in [6.45, 7) is 2.49. The zero-order valence-electron chi connectivity index (χ0n) is 20.6. The van der Waals surface area contributed by atoms with Crippen molar-refractivity contribution in [1.29, 1.82) is 0 Å². The summed E-state index contributed by atoms with van der Waals surface area (Å²) in [6, 6.07) is 23.6. The Labute approximate surface area is 245 Å². The number of benzene rings is 4. The van der Waals surface area contributed by atoms with Crippen molar-refractivity contribution in [3.05, 3.63) is 114 Å². The highest BCUT2D eigenvalue weighted by atomic mass is 79.9. The summed E-state index contributed by atoms with van der Waals surface area (Å²) >= 11 is 10.6. The fourth-order valence-electron chi connectivity index (χ4n) is 4.25. The molecule has 1 aromatic heterocycles. The third kappa shape index (κ3) is 5.77. The Morgan fingerprint density at radius 3 is 2.55 bits per heavy atom. The molecule has 192 valence electrons. The molecule has 0 fully saturated rings. The number of hydrogen-bond acceptors (Lipinski definition) is 4. The van der Waals surface area contributed by atoms with Gasteiger partial charge in [0.1, 0.15) is 18.2 Å². The smallest absolute Gasteiger partial charge is 0.282 e. The fraction of sp³-hybridized carbons (Fsp3) is 0.167. The molecule has 38 heavy (non-hydrogen) atoms. The van der Waals surface area contributed by atoms with Gasteiger partial charge in [-0.2, -0.15) is 9.78 Å². The largest absolute Gasteiger partial charge is 0.488 e. The third-order valence-electron chi connectivity index (χ3n) is 6.26. The number of ether oxygens (including phenoxy) is 1. The van der Waals surface area contributed by atoms with E-state index in [2.05, 4.69) is 60.8 Å². The van der Waals surface area contributed by atoms with Crippen LogP contribution in [0.3, 0.4) is 0 Å². The van der Waals surface area contributed by atoms with Gasteiger partial charge in [0.2, 0.25) is 0 Å². The molecule has 4 aromatic carbocycles. The molecule has 8 heteroatoms. The highest BCUT2D eigenvalue weighted by Crippen LogP contribution is 2.29. The lowest BCUT2D eigenvalue weighted by Crippen LogP contribution is -2.22. The zero-order chi connectivity index (χ0) is 26.6. The van der Waals surface area contributed by atoms with Crippen LogP contribution in [-0.2, 0) is 13.0 Å². The number of rotatable bonds is 8. The minimum absolute atomic E-state index is 0.194. The van der Waals surface area contributed by atoms with E-state index in [9.17, 15) is 4.79 Å². The van der Waals surface area contributed by atoms with E-state index in [0.717, 1.165) is 48.2 Å². The molecule has 1 heterocycles. The Kier molecular flexibility index (Phi) is 8.41. The topological polar surface area (TPSA) is 56.5 Å². The predicted molar refractivity (Wildman–Crippen MR) is 165 cm³/mol. The molecule has 0 saturated heterocycles. The van der Waals surface area contributed by atoms with Crippen LogP contribution in [0.4, 0.5) is 0 Å². The fourth-order valence-corrected chi connectivity index (χ4v) is 5.78. The van der Waals surface area contributed by atoms with Gasteiger partial charge < -0.3 is 4.74 Å². The maximum absolute atomic E-state index is 13.6. The molecule has 0 aliphatic rings. The second-order valence-corrected chi connectivity index (χ2v) is 11.6. The van der Waals surface area contributed by atoms with Gasteiger partial charge in [0.05, 0.1) is 17.1 Å². The van der Waals surface area contributed by atoms with E-state index < -0.39 is 0 Å². The summed E-state index contributed by atoms with van der Waals surface area (Å²) in [5.74, 6) is 1.33. The maximum atomic E-state index is 13.6. The van der Waals surface area contributed by atoms with Crippen LogP contribution in [-0.4, -0.2) is 15.9 Å². The van der Waals surface area contributed by atoms with Gasteiger partial charge in [-0.25, -0.2) is 4.98 Å². The predicted octanol–water partition coefficient (Wildman–Crippen LogP) is 8.64. The molecule has 5 rings (SSSR count). The number of fused-ring (bicyclic) bond motifs is 2.